The lowest BCUT2D eigenvalue weighted by Gasteiger charge is -2.42. The number of benzene rings is 2. The van der Waals surface area contributed by atoms with Crippen molar-refractivity contribution >= 4 is 41.2 Å². The summed E-state index contributed by atoms with van der Waals surface area (Å²) in [7, 11) is -2.40. The van der Waals surface area contributed by atoms with Crippen LogP contribution in [-0.4, -0.2) is 36.5 Å². The first-order valence-corrected chi connectivity index (χ1v) is 14.8. The Morgan fingerprint density at radius 1 is 1.00 bits per heavy atom. The van der Waals surface area contributed by atoms with Crippen LogP contribution in [0.25, 0.3) is 0 Å². The maximum Gasteiger partial charge on any atom is 0.331 e. The number of carbonyl (C=O) groups excluding carboxylic acids is 1. The molecule has 0 saturated heterocycles. The molecule has 0 spiro atoms. The molecule has 0 fully saturated rings. The van der Waals surface area contributed by atoms with Crippen molar-refractivity contribution in [1.82, 2.24) is 0 Å². The van der Waals surface area contributed by atoms with Crippen LogP contribution in [0.3, 0.4) is 0 Å². The van der Waals surface area contributed by atoms with E-state index in [4.69, 9.17) is 9.73 Å². The minimum absolute atomic E-state index is 0.00863. The van der Waals surface area contributed by atoms with E-state index in [1.54, 1.807) is 11.8 Å². The molecule has 33 heavy (non-hydrogen) atoms. The van der Waals surface area contributed by atoms with Crippen LogP contribution in [-0.2, 0) is 9.53 Å². The van der Waals surface area contributed by atoms with E-state index in [9.17, 15) is 4.79 Å². The molecule has 0 aliphatic carbocycles. The Hall–Kier alpha value is -2.11. The second-order valence-corrected chi connectivity index (χ2v) is 16.4. The van der Waals surface area contributed by atoms with Gasteiger partial charge in [0, 0.05) is 6.42 Å². The van der Waals surface area contributed by atoms with Crippen molar-refractivity contribution in [3.05, 3.63) is 71.9 Å². The van der Waals surface area contributed by atoms with Crippen LogP contribution in [0.2, 0.25) is 5.04 Å². The number of carbonyl (C=O) groups is 1. The highest BCUT2D eigenvalue weighted by molar-refractivity contribution is 8.14. The predicted molar refractivity (Wildman–Crippen MR) is 146 cm³/mol. The normalized spacial score (nSPS) is 18.3. The molecule has 3 nitrogen and oxygen atoms in total. The van der Waals surface area contributed by atoms with Crippen molar-refractivity contribution in [2.75, 3.05) is 5.75 Å². The standard InChI is InChI=1S/C28H37NO2SSi/c1-8-32-25-21(19-24(29-25)26(30)31-27(2,3)4)20-33(28(5,6)7,22-15-11-9-12-16-22)23-17-13-10-14-18-23/h9-18,20,24H,8,19H2,1-7H3/b21-20+. The number of hydrogen-bond acceptors (Lipinski definition) is 4. The Balaban J connectivity index is 2.18. The molecule has 0 saturated carbocycles. The smallest absolute Gasteiger partial charge is 0.331 e. The summed E-state index contributed by atoms with van der Waals surface area (Å²) in [5, 5.41) is 3.74. The number of aliphatic imine (C=N–C) groups is 1. The molecule has 0 bridgehead atoms. The van der Waals surface area contributed by atoms with Gasteiger partial charge < -0.3 is 4.74 Å². The first-order chi connectivity index (χ1) is 15.5. The van der Waals surface area contributed by atoms with Gasteiger partial charge in [-0.3, -0.25) is 4.99 Å². The molecule has 1 heterocycles. The zero-order valence-electron chi connectivity index (χ0n) is 21.0. The molecule has 0 amide bonds. The van der Waals surface area contributed by atoms with Gasteiger partial charge in [0.1, 0.15) is 13.7 Å². The van der Waals surface area contributed by atoms with Crippen molar-refractivity contribution in [2.45, 2.75) is 71.6 Å². The van der Waals surface area contributed by atoms with E-state index >= 15 is 0 Å². The van der Waals surface area contributed by atoms with Gasteiger partial charge in [-0.2, -0.15) is 0 Å². The molecule has 1 aliphatic heterocycles. The van der Waals surface area contributed by atoms with Gasteiger partial charge in [0.05, 0.1) is 5.04 Å². The molecule has 1 atom stereocenters. The number of hydrogen-bond donors (Lipinski definition) is 0. The Bertz CT molecular complexity index is 978. The van der Waals surface area contributed by atoms with Crippen molar-refractivity contribution < 1.29 is 9.53 Å². The first-order valence-electron chi connectivity index (χ1n) is 11.7. The van der Waals surface area contributed by atoms with E-state index in [1.165, 1.54) is 15.9 Å². The summed E-state index contributed by atoms with van der Waals surface area (Å²) < 4.78 is 5.69. The van der Waals surface area contributed by atoms with E-state index in [-0.39, 0.29) is 11.0 Å². The molecule has 2 aromatic carbocycles. The van der Waals surface area contributed by atoms with Crippen LogP contribution in [0.5, 0.6) is 0 Å². The fourth-order valence-corrected chi connectivity index (χ4v) is 10.5. The summed E-state index contributed by atoms with van der Waals surface area (Å²) in [6.07, 6.45) is 0.599. The highest BCUT2D eigenvalue weighted by atomic mass is 32.2. The van der Waals surface area contributed by atoms with E-state index in [0.29, 0.717) is 6.42 Å². The number of esters is 1. The molecule has 1 aliphatic rings. The summed E-state index contributed by atoms with van der Waals surface area (Å²) in [5.74, 6) is 0.681. The lowest BCUT2D eigenvalue weighted by Crippen LogP contribution is -2.63. The Labute approximate surface area is 204 Å². The maximum absolute atomic E-state index is 12.9. The fraction of sp³-hybridized carbons (Fsp3) is 0.429. The second-order valence-electron chi connectivity index (χ2n) is 10.6. The quantitative estimate of drug-likeness (QED) is 0.403. The second kappa shape index (κ2) is 10.0. The monoisotopic (exact) mass is 479 g/mol. The topological polar surface area (TPSA) is 38.7 Å². The van der Waals surface area contributed by atoms with E-state index in [0.717, 1.165) is 10.8 Å². The minimum Gasteiger partial charge on any atom is -0.458 e. The SMILES string of the molecule is CCSC1=NC(C(=O)OC(C)(C)C)C/C1=C\[Si](c1ccccc1)(c1ccccc1)C(C)(C)C. The minimum atomic E-state index is -2.40. The van der Waals surface area contributed by atoms with Crippen LogP contribution in [0.15, 0.2) is 76.9 Å². The van der Waals surface area contributed by atoms with Crippen LogP contribution in [0.4, 0.5) is 0 Å². The van der Waals surface area contributed by atoms with Gasteiger partial charge in [0.2, 0.25) is 0 Å². The predicted octanol–water partition coefficient (Wildman–Crippen LogP) is 5.78. The van der Waals surface area contributed by atoms with Crippen LogP contribution < -0.4 is 10.4 Å². The Morgan fingerprint density at radius 3 is 1.94 bits per heavy atom. The maximum atomic E-state index is 12.9. The molecule has 0 aromatic heterocycles. The van der Waals surface area contributed by atoms with Gasteiger partial charge in [-0.05, 0) is 47.5 Å². The molecule has 0 N–H and O–H groups in total. The molecule has 176 valence electrons. The summed E-state index contributed by atoms with van der Waals surface area (Å²) in [5.41, 5.74) is 3.19. The van der Waals surface area contributed by atoms with Gasteiger partial charge >= 0.3 is 5.97 Å². The van der Waals surface area contributed by atoms with Gasteiger partial charge in [0.15, 0.2) is 6.04 Å². The molecule has 1 unspecified atom stereocenters. The third-order valence-electron chi connectivity index (χ3n) is 5.95. The Kier molecular flexibility index (Phi) is 7.75. The average molecular weight is 480 g/mol. The molecule has 0 radical (unpaired) electrons. The number of ether oxygens (including phenoxy) is 1. The molecular weight excluding hydrogens is 442 g/mol. The van der Waals surface area contributed by atoms with Crippen molar-refractivity contribution in [3.8, 4) is 0 Å². The van der Waals surface area contributed by atoms with Gasteiger partial charge in [-0.25, -0.2) is 4.79 Å². The van der Waals surface area contributed by atoms with Crippen molar-refractivity contribution in [1.29, 1.82) is 0 Å². The zero-order valence-corrected chi connectivity index (χ0v) is 22.8. The molecule has 3 rings (SSSR count). The van der Waals surface area contributed by atoms with E-state index < -0.39 is 19.7 Å². The lowest BCUT2D eigenvalue weighted by atomic mass is 10.1. The summed E-state index contributed by atoms with van der Waals surface area (Å²) in [6.45, 7) is 14.9. The average Bonchev–Trinajstić information content (AvgIpc) is 3.14. The molecule has 2 aromatic rings. The van der Waals surface area contributed by atoms with Crippen molar-refractivity contribution in [3.63, 3.8) is 0 Å². The highest BCUT2D eigenvalue weighted by Gasteiger charge is 2.47. The fourth-order valence-electron chi connectivity index (χ4n) is 4.54. The molecule has 5 heteroatoms. The highest BCUT2D eigenvalue weighted by Crippen LogP contribution is 2.39. The zero-order chi connectivity index (χ0) is 24.3. The lowest BCUT2D eigenvalue weighted by molar-refractivity contribution is -0.156. The third-order valence-corrected chi connectivity index (χ3v) is 12.5. The number of nitrogens with zero attached hydrogens (tertiary/aromatic N) is 1. The molecular formula is C28H37NO2SSi. The largest absolute Gasteiger partial charge is 0.458 e. The third kappa shape index (κ3) is 5.69. The summed E-state index contributed by atoms with van der Waals surface area (Å²) >= 11 is 1.72. The van der Waals surface area contributed by atoms with Crippen LogP contribution in [0, 0.1) is 0 Å². The van der Waals surface area contributed by atoms with Crippen molar-refractivity contribution in [2.24, 2.45) is 4.99 Å². The van der Waals surface area contributed by atoms with Crippen LogP contribution in [0.1, 0.15) is 54.9 Å². The van der Waals surface area contributed by atoms with E-state index in [1.807, 2.05) is 20.8 Å². The van der Waals surface area contributed by atoms with Gasteiger partial charge in [-0.1, -0.05) is 94.1 Å². The Morgan fingerprint density at radius 2 is 1.52 bits per heavy atom. The van der Waals surface area contributed by atoms with E-state index in [2.05, 4.69) is 94.1 Å². The summed E-state index contributed by atoms with van der Waals surface area (Å²) in [4.78, 5) is 17.8. The van der Waals surface area contributed by atoms with Gasteiger partial charge in [-0.15, -0.1) is 11.8 Å². The van der Waals surface area contributed by atoms with Gasteiger partial charge in [0.25, 0.3) is 0 Å². The number of thioether (sulfide) groups is 1. The summed E-state index contributed by atoms with van der Waals surface area (Å²) in [6, 6.07) is 21.3. The first kappa shape index (κ1) is 25.5. The number of rotatable bonds is 5. The van der Waals surface area contributed by atoms with Crippen LogP contribution >= 0.6 is 11.8 Å².